The quantitative estimate of drug-likeness (QED) is 0.435. The SMILES string of the molecule is [C]#CC(C)CCCC(C)CCCC(C)CCCC(C)NC. The van der Waals surface area contributed by atoms with Gasteiger partial charge in [0.2, 0.25) is 0 Å². The molecule has 0 fully saturated rings. The third-order valence-corrected chi connectivity index (χ3v) is 4.80. The van der Waals surface area contributed by atoms with Gasteiger partial charge < -0.3 is 5.32 Å². The van der Waals surface area contributed by atoms with E-state index in [1.54, 1.807) is 0 Å². The molecule has 0 aliphatic heterocycles. The Morgan fingerprint density at radius 1 is 0.762 bits per heavy atom. The zero-order chi connectivity index (χ0) is 16.1. The molecule has 4 unspecified atom stereocenters. The molecule has 0 bridgehead atoms. The molecule has 1 N–H and O–H groups in total. The number of hydrogen-bond donors (Lipinski definition) is 1. The van der Waals surface area contributed by atoms with Crippen LogP contribution < -0.4 is 5.32 Å². The van der Waals surface area contributed by atoms with E-state index < -0.39 is 0 Å². The van der Waals surface area contributed by atoms with Gasteiger partial charge in [-0.3, -0.25) is 0 Å². The highest BCUT2D eigenvalue weighted by atomic mass is 14.8. The summed E-state index contributed by atoms with van der Waals surface area (Å²) in [6.07, 6.45) is 19.0. The van der Waals surface area contributed by atoms with Gasteiger partial charge >= 0.3 is 0 Å². The molecule has 4 atom stereocenters. The summed E-state index contributed by atoms with van der Waals surface area (Å²) >= 11 is 0. The molecule has 0 heterocycles. The van der Waals surface area contributed by atoms with Crippen molar-refractivity contribution in [3.63, 3.8) is 0 Å². The van der Waals surface area contributed by atoms with Crippen molar-refractivity contribution >= 4 is 0 Å². The lowest BCUT2D eigenvalue weighted by atomic mass is 9.91. The van der Waals surface area contributed by atoms with E-state index in [1.807, 2.05) is 0 Å². The third kappa shape index (κ3) is 12.9. The first-order valence-electron chi connectivity index (χ1n) is 9.09. The predicted molar refractivity (Wildman–Crippen MR) is 94.7 cm³/mol. The molecule has 0 aromatic carbocycles. The molecule has 0 aromatic heterocycles. The highest BCUT2D eigenvalue weighted by molar-refractivity contribution is 4.83. The number of nitrogens with one attached hydrogen (secondary N) is 1. The van der Waals surface area contributed by atoms with E-state index in [2.05, 4.69) is 46.0 Å². The van der Waals surface area contributed by atoms with Crippen molar-refractivity contribution in [1.29, 1.82) is 0 Å². The zero-order valence-corrected chi connectivity index (χ0v) is 15.2. The van der Waals surface area contributed by atoms with Crippen LogP contribution in [0.2, 0.25) is 0 Å². The Balaban J connectivity index is 3.49. The fraction of sp³-hybridized carbons (Fsp3) is 0.900. The second-order valence-corrected chi connectivity index (χ2v) is 7.24. The van der Waals surface area contributed by atoms with E-state index in [0.717, 1.165) is 18.3 Å². The van der Waals surface area contributed by atoms with Crippen molar-refractivity contribution in [2.24, 2.45) is 17.8 Å². The van der Waals surface area contributed by atoms with Gasteiger partial charge in [0, 0.05) is 12.0 Å². The number of rotatable bonds is 13. The molecule has 21 heavy (non-hydrogen) atoms. The summed E-state index contributed by atoms with van der Waals surface area (Å²) in [6, 6.07) is 0.665. The summed E-state index contributed by atoms with van der Waals surface area (Å²) in [6.45, 7) is 9.16. The minimum absolute atomic E-state index is 0.345. The maximum atomic E-state index is 7.09. The van der Waals surface area contributed by atoms with Gasteiger partial charge in [-0.2, -0.15) is 0 Å². The highest BCUT2D eigenvalue weighted by Crippen LogP contribution is 2.21. The standard InChI is InChI=1S/C20H38N/c1-7-17(2)11-8-12-18(3)13-9-14-19(4)15-10-16-20(5)21-6/h17-21H,8-16H2,2-6H3. The van der Waals surface area contributed by atoms with Crippen LogP contribution in [0.1, 0.15) is 85.5 Å². The molecule has 1 heteroatoms. The fourth-order valence-corrected chi connectivity index (χ4v) is 2.86. The fourth-order valence-electron chi connectivity index (χ4n) is 2.86. The van der Waals surface area contributed by atoms with Gasteiger partial charge in [0.1, 0.15) is 0 Å². The molecular weight excluding hydrogens is 254 g/mol. The van der Waals surface area contributed by atoms with Gasteiger partial charge in [-0.05, 0) is 45.1 Å². The van der Waals surface area contributed by atoms with Gasteiger partial charge in [-0.25, -0.2) is 0 Å². The Hall–Kier alpha value is -0.480. The summed E-state index contributed by atoms with van der Waals surface area (Å²) in [7, 11) is 2.05. The first kappa shape index (κ1) is 20.5. The first-order valence-corrected chi connectivity index (χ1v) is 9.09. The van der Waals surface area contributed by atoms with Crippen LogP contribution in [-0.4, -0.2) is 13.1 Å². The Morgan fingerprint density at radius 2 is 1.19 bits per heavy atom. The Bertz CT molecular complexity index is 266. The second-order valence-electron chi connectivity index (χ2n) is 7.24. The van der Waals surface area contributed by atoms with Crippen LogP contribution in [0.5, 0.6) is 0 Å². The second kappa shape index (κ2) is 13.2. The lowest BCUT2D eigenvalue weighted by Crippen LogP contribution is -2.20. The van der Waals surface area contributed by atoms with E-state index in [1.165, 1.54) is 51.4 Å². The molecule has 123 valence electrons. The highest BCUT2D eigenvalue weighted by Gasteiger charge is 2.07. The van der Waals surface area contributed by atoms with E-state index >= 15 is 0 Å². The predicted octanol–water partition coefficient (Wildman–Crippen LogP) is 5.60. The Morgan fingerprint density at radius 3 is 1.62 bits per heavy atom. The van der Waals surface area contributed by atoms with Crippen LogP contribution in [-0.2, 0) is 0 Å². The van der Waals surface area contributed by atoms with Crippen molar-refractivity contribution in [3.05, 3.63) is 6.42 Å². The lowest BCUT2D eigenvalue weighted by Gasteiger charge is -2.16. The normalized spacial score (nSPS) is 17.0. The third-order valence-electron chi connectivity index (χ3n) is 4.80. The van der Waals surface area contributed by atoms with E-state index in [0.29, 0.717) is 12.0 Å². The van der Waals surface area contributed by atoms with Crippen molar-refractivity contribution in [3.8, 4) is 5.92 Å². The minimum Gasteiger partial charge on any atom is -0.317 e. The molecule has 0 aliphatic rings. The van der Waals surface area contributed by atoms with Crippen LogP contribution in [0.4, 0.5) is 0 Å². The maximum Gasteiger partial charge on any atom is 0.0184 e. The molecule has 1 radical (unpaired) electrons. The minimum atomic E-state index is 0.345. The van der Waals surface area contributed by atoms with E-state index in [9.17, 15) is 0 Å². The van der Waals surface area contributed by atoms with Crippen LogP contribution in [0.15, 0.2) is 0 Å². The van der Waals surface area contributed by atoms with E-state index in [4.69, 9.17) is 6.42 Å². The molecule has 0 rings (SSSR count). The first-order chi connectivity index (χ1) is 9.99. The molecule has 1 nitrogen and oxygen atoms in total. The summed E-state index contributed by atoms with van der Waals surface area (Å²) in [4.78, 5) is 0. The molecule has 0 aromatic rings. The Kier molecular flexibility index (Phi) is 12.9. The molecule has 0 spiro atoms. The zero-order valence-electron chi connectivity index (χ0n) is 15.2. The van der Waals surface area contributed by atoms with E-state index in [-0.39, 0.29) is 0 Å². The summed E-state index contributed by atoms with van der Waals surface area (Å²) in [5.74, 6) is 4.65. The number of hydrogen-bond acceptors (Lipinski definition) is 1. The maximum absolute atomic E-state index is 7.09. The summed E-state index contributed by atoms with van der Waals surface area (Å²) in [5.41, 5.74) is 0. The van der Waals surface area contributed by atoms with Gasteiger partial charge in [-0.1, -0.05) is 71.6 Å². The van der Waals surface area contributed by atoms with Crippen LogP contribution in [0, 0.1) is 30.1 Å². The molecular formula is C20H38N. The van der Waals surface area contributed by atoms with Gasteiger partial charge in [0.15, 0.2) is 0 Å². The average Bonchev–Trinajstić information content (AvgIpc) is 2.46. The van der Waals surface area contributed by atoms with Gasteiger partial charge in [0.25, 0.3) is 0 Å². The summed E-state index contributed by atoms with van der Waals surface area (Å²) in [5, 5.41) is 3.31. The van der Waals surface area contributed by atoms with Crippen LogP contribution >= 0.6 is 0 Å². The molecule has 0 saturated carbocycles. The lowest BCUT2D eigenvalue weighted by molar-refractivity contribution is 0.385. The monoisotopic (exact) mass is 292 g/mol. The average molecular weight is 293 g/mol. The smallest absolute Gasteiger partial charge is 0.0184 e. The largest absolute Gasteiger partial charge is 0.317 e. The van der Waals surface area contributed by atoms with Gasteiger partial charge in [0.05, 0.1) is 0 Å². The van der Waals surface area contributed by atoms with Crippen molar-refractivity contribution < 1.29 is 0 Å². The molecule has 0 aliphatic carbocycles. The molecule has 0 saturated heterocycles. The molecule has 0 amide bonds. The van der Waals surface area contributed by atoms with Crippen LogP contribution in [0.25, 0.3) is 0 Å². The van der Waals surface area contributed by atoms with Gasteiger partial charge in [-0.15, -0.1) is 0 Å². The van der Waals surface area contributed by atoms with Crippen molar-refractivity contribution in [2.45, 2.75) is 91.5 Å². The Labute approximate surface area is 134 Å². The van der Waals surface area contributed by atoms with Crippen molar-refractivity contribution in [2.75, 3.05) is 7.05 Å². The van der Waals surface area contributed by atoms with Crippen LogP contribution in [0.3, 0.4) is 0 Å². The van der Waals surface area contributed by atoms with Crippen molar-refractivity contribution in [1.82, 2.24) is 5.32 Å². The topological polar surface area (TPSA) is 12.0 Å². The summed E-state index contributed by atoms with van der Waals surface area (Å²) < 4.78 is 0.